The van der Waals surface area contributed by atoms with Crippen LogP contribution in [0.4, 0.5) is 0 Å². The van der Waals surface area contributed by atoms with Crippen molar-refractivity contribution in [2.45, 2.75) is 51.5 Å². The number of piperazine rings is 1. The summed E-state index contributed by atoms with van der Waals surface area (Å²) in [6.45, 7) is 5.39. The molecule has 2 amide bonds. The zero-order valence-corrected chi connectivity index (χ0v) is 13.6. The van der Waals surface area contributed by atoms with Crippen LogP contribution in [0, 0.1) is 17.8 Å². The summed E-state index contributed by atoms with van der Waals surface area (Å²) >= 11 is 0. The number of amides is 2. The highest BCUT2D eigenvalue weighted by Crippen LogP contribution is 2.49. The van der Waals surface area contributed by atoms with Gasteiger partial charge in [0.25, 0.3) is 0 Å². The molecule has 0 aromatic heterocycles. The maximum Gasteiger partial charge on any atom is 0.223 e. The van der Waals surface area contributed by atoms with Gasteiger partial charge < -0.3 is 15.5 Å². The van der Waals surface area contributed by atoms with Crippen LogP contribution in [0.1, 0.15) is 45.4 Å². The highest BCUT2D eigenvalue weighted by Gasteiger charge is 2.42. The van der Waals surface area contributed by atoms with E-state index in [1.54, 1.807) is 0 Å². The number of nitrogens with one attached hydrogen (secondary N) is 2. The van der Waals surface area contributed by atoms with Gasteiger partial charge in [-0.1, -0.05) is 6.42 Å². The summed E-state index contributed by atoms with van der Waals surface area (Å²) in [6.07, 6.45) is 6.05. The molecule has 1 heterocycles. The Hall–Kier alpha value is -1.10. The number of carbonyl (C=O) groups excluding carboxylic acids is 2. The van der Waals surface area contributed by atoms with Gasteiger partial charge in [0.05, 0.1) is 0 Å². The average molecular weight is 307 g/mol. The number of nitrogens with zero attached hydrogens (tertiary/aromatic N) is 1. The van der Waals surface area contributed by atoms with Crippen LogP contribution in [-0.2, 0) is 9.59 Å². The molecular formula is C17H29N3O2. The van der Waals surface area contributed by atoms with Crippen molar-refractivity contribution < 1.29 is 9.59 Å². The minimum absolute atomic E-state index is 0.0405. The lowest BCUT2D eigenvalue weighted by molar-refractivity contribution is -0.134. The first-order chi connectivity index (χ1) is 10.6. The fraction of sp³-hybridized carbons (Fsp3) is 0.882. The van der Waals surface area contributed by atoms with Crippen LogP contribution < -0.4 is 10.6 Å². The number of hydrogen-bond acceptors (Lipinski definition) is 3. The molecule has 124 valence electrons. The fourth-order valence-electron chi connectivity index (χ4n) is 4.63. The van der Waals surface area contributed by atoms with Crippen molar-refractivity contribution in [2.24, 2.45) is 17.8 Å². The SMILES string of the molecule is CC(NC(=O)CCC(=O)N1CCNCC1)C1CC2CCC1C2. The highest BCUT2D eigenvalue weighted by molar-refractivity contribution is 5.84. The molecule has 4 atom stereocenters. The molecule has 3 aliphatic rings. The lowest BCUT2D eigenvalue weighted by atomic mass is 9.84. The molecular weight excluding hydrogens is 278 g/mol. The molecule has 3 fully saturated rings. The zero-order valence-electron chi connectivity index (χ0n) is 13.6. The maximum absolute atomic E-state index is 12.1. The van der Waals surface area contributed by atoms with E-state index in [1.807, 2.05) is 4.90 Å². The van der Waals surface area contributed by atoms with Gasteiger partial charge in [0.1, 0.15) is 0 Å². The normalized spacial score (nSPS) is 32.0. The molecule has 0 radical (unpaired) electrons. The highest BCUT2D eigenvalue weighted by atomic mass is 16.2. The predicted molar refractivity (Wildman–Crippen MR) is 85.2 cm³/mol. The molecule has 5 heteroatoms. The minimum Gasteiger partial charge on any atom is -0.353 e. The molecule has 3 rings (SSSR count). The van der Waals surface area contributed by atoms with Crippen LogP contribution in [0.2, 0.25) is 0 Å². The quantitative estimate of drug-likeness (QED) is 0.801. The van der Waals surface area contributed by atoms with Crippen LogP contribution in [0.3, 0.4) is 0 Å². The van der Waals surface area contributed by atoms with E-state index in [1.165, 1.54) is 25.7 Å². The van der Waals surface area contributed by atoms with Gasteiger partial charge in [-0.05, 0) is 43.9 Å². The maximum atomic E-state index is 12.1. The second kappa shape index (κ2) is 6.99. The molecule has 0 spiro atoms. The Kier molecular flexibility index (Phi) is 5.01. The van der Waals surface area contributed by atoms with Crippen molar-refractivity contribution in [2.75, 3.05) is 26.2 Å². The van der Waals surface area contributed by atoms with Gasteiger partial charge in [0.2, 0.25) is 11.8 Å². The topological polar surface area (TPSA) is 61.4 Å². The first-order valence-electron chi connectivity index (χ1n) is 8.91. The molecule has 1 saturated heterocycles. The van der Waals surface area contributed by atoms with Gasteiger partial charge in [-0.15, -0.1) is 0 Å². The van der Waals surface area contributed by atoms with Crippen molar-refractivity contribution in [3.05, 3.63) is 0 Å². The van der Waals surface area contributed by atoms with Crippen molar-refractivity contribution in [1.82, 2.24) is 15.5 Å². The summed E-state index contributed by atoms with van der Waals surface area (Å²) in [6, 6.07) is 0.261. The van der Waals surface area contributed by atoms with Crippen LogP contribution in [0.25, 0.3) is 0 Å². The molecule has 4 unspecified atom stereocenters. The second-order valence-corrected chi connectivity index (χ2v) is 7.33. The van der Waals surface area contributed by atoms with E-state index in [9.17, 15) is 9.59 Å². The largest absolute Gasteiger partial charge is 0.353 e. The van der Waals surface area contributed by atoms with Gasteiger partial charge in [-0.25, -0.2) is 0 Å². The van der Waals surface area contributed by atoms with E-state index in [2.05, 4.69) is 17.6 Å². The van der Waals surface area contributed by atoms with Crippen LogP contribution >= 0.6 is 0 Å². The molecule has 0 aromatic rings. The summed E-state index contributed by atoms with van der Waals surface area (Å²) in [7, 11) is 0. The molecule has 2 aliphatic carbocycles. The lowest BCUT2D eigenvalue weighted by Gasteiger charge is -2.29. The first-order valence-corrected chi connectivity index (χ1v) is 8.91. The summed E-state index contributed by atoms with van der Waals surface area (Å²) in [5, 5.41) is 6.37. The summed E-state index contributed by atoms with van der Waals surface area (Å²) < 4.78 is 0. The Labute approximate surface area is 133 Å². The van der Waals surface area contributed by atoms with Gasteiger partial charge in [-0.2, -0.15) is 0 Å². The van der Waals surface area contributed by atoms with E-state index < -0.39 is 0 Å². The number of hydrogen-bond donors (Lipinski definition) is 2. The molecule has 1 aliphatic heterocycles. The molecule has 0 aromatic carbocycles. The van der Waals surface area contributed by atoms with Crippen molar-refractivity contribution in [1.29, 1.82) is 0 Å². The summed E-state index contributed by atoms with van der Waals surface area (Å²) in [4.78, 5) is 26.0. The monoisotopic (exact) mass is 307 g/mol. The lowest BCUT2D eigenvalue weighted by Crippen LogP contribution is -2.46. The zero-order chi connectivity index (χ0) is 15.5. The Balaban J connectivity index is 1.37. The summed E-state index contributed by atoms with van der Waals surface area (Å²) in [5.41, 5.74) is 0. The minimum atomic E-state index is 0.0405. The van der Waals surface area contributed by atoms with Gasteiger partial charge in [0.15, 0.2) is 0 Å². The van der Waals surface area contributed by atoms with Crippen LogP contribution in [0.5, 0.6) is 0 Å². The number of rotatable bonds is 5. The Morgan fingerprint density at radius 1 is 1.18 bits per heavy atom. The number of fused-ring (bicyclic) bond motifs is 2. The molecule has 2 saturated carbocycles. The van der Waals surface area contributed by atoms with Crippen molar-refractivity contribution in [3.8, 4) is 0 Å². The predicted octanol–water partition coefficient (Wildman–Crippen LogP) is 1.14. The van der Waals surface area contributed by atoms with Crippen LogP contribution in [0.15, 0.2) is 0 Å². The Morgan fingerprint density at radius 2 is 1.95 bits per heavy atom. The number of carbonyl (C=O) groups is 2. The van der Waals surface area contributed by atoms with E-state index in [4.69, 9.17) is 0 Å². The smallest absolute Gasteiger partial charge is 0.223 e. The third-order valence-corrected chi connectivity index (χ3v) is 5.86. The molecule has 5 nitrogen and oxygen atoms in total. The Morgan fingerprint density at radius 3 is 2.59 bits per heavy atom. The van der Waals surface area contributed by atoms with E-state index >= 15 is 0 Å². The second-order valence-electron chi connectivity index (χ2n) is 7.33. The van der Waals surface area contributed by atoms with Crippen molar-refractivity contribution in [3.63, 3.8) is 0 Å². The average Bonchev–Trinajstić information content (AvgIpc) is 3.16. The van der Waals surface area contributed by atoms with E-state index in [0.29, 0.717) is 18.8 Å². The van der Waals surface area contributed by atoms with Gasteiger partial charge in [0, 0.05) is 45.1 Å². The third-order valence-electron chi connectivity index (χ3n) is 5.86. The van der Waals surface area contributed by atoms with Crippen molar-refractivity contribution >= 4 is 11.8 Å². The first kappa shape index (κ1) is 15.8. The standard InChI is InChI=1S/C17H29N3O2/c1-12(15-11-13-2-3-14(15)10-13)19-16(21)4-5-17(22)20-8-6-18-7-9-20/h12-15,18H,2-11H2,1H3,(H,19,21). The third kappa shape index (κ3) is 3.62. The Bertz CT molecular complexity index is 420. The van der Waals surface area contributed by atoms with Gasteiger partial charge in [-0.3, -0.25) is 9.59 Å². The fourth-order valence-corrected chi connectivity index (χ4v) is 4.63. The molecule has 22 heavy (non-hydrogen) atoms. The van der Waals surface area contributed by atoms with Crippen LogP contribution in [-0.4, -0.2) is 48.9 Å². The summed E-state index contributed by atoms with van der Waals surface area (Å²) in [5.74, 6) is 2.54. The van der Waals surface area contributed by atoms with E-state index in [-0.39, 0.29) is 17.9 Å². The van der Waals surface area contributed by atoms with Gasteiger partial charge >= 0.3 is 0 Å². The van der Waals surface area contributed by atoms with E-state index in [0.717, 1.165) is 38.0 Å². The molecule has 2 N–H and O–H groups in total. The molecule has 2 bridgehead atoms.